The molecule has 0 heterocycles. The van der Waals surface area contributed by atoms with E-state index in [9.17, 15) is 9.59 Å². The number of carbonyl (C=O) groups is 2. The van der Waals surface area contributed by atoms with E-state index in [1.54, 1.807) is 14.0 Å². The number of Topliss-reactive ketones (excluding diaryl/α,β-unsaturated/α-hetero) is 1. The minimum Gasteiger partial charge on any atom is -0.497 e. The summed E-state index contributed by atoms with van der Waals surface area (Å²) < 4.78 is 5.30. The number of aryl methyl sites for hydroxylation is 1. The minimum atomic E-state index is -0.556. The fourth-order valence-electron chi connectivity index (χ4n) is 4.01. The van der Waals surface area contributed by atoms with Crippen molar-refractivity contribution in [3.05, 3.63) is 35.4 Å². The number of carbonyl (C=O) groups excluding carboxylic acids is 2. The zero-order valence-corrected chi connectivity index (χ0v) is 13.4. The van der Waals surface area contributed by atoms with E-state index in [0.717, 1.165) is 24.9 Å². The van der Waals surface area contributed by atoms with Gasteiger partial charge in [0.25, 0.3) is 0 Å². The van der Waals surface area contributed by atoms with Gasteiger partial charge in [-0.1, -0.05) is 19.1 Å². The predicted octanol–water partition coefficient (Wildman–Crippen LogP) is 3.46. The Labute approximate surface area is 131 Å². The first-order valence-electron chi connectivity index (χ1n) is 7.85. The maximum absolute atomic E-state index is 12.1. The lowest BCUT2D eigenvalue weighted by Crippen LogP contribution is -2.43. The molecule has 0 fully saturated rings. The molecule has 3 atom stereocenters. The standard InChI is InChI=1S/C19H22O3/c1-12(21)19(2)9-8-16-15-7-5-14(22-3)10-13(15)4-6-17(16)18(19)11-20/h5,7-8,10-11,17-18H,4,6,9H2,1-3H3/t17-,18+,19-/m1/s1. The number of fused-ring (bicyclic) bond motifs is 3. The summed E-state index contributed by atoms with van der Waals surface area (Å²) in [6.45, 7) is 3.54. The molecular formula is C19H22O3. The maximum atomic E-state index is 12.1. The topological polar surface area (TPSA) is 43.4 Å². The maximum Gasteiger partial charge on any atom is 0.136 e. The third kappa shape index (κ3) is 2.11. The summed E-state index contributed by atoms with van der Waals surface area (Å²) in [5, 5.41) is 0. The van der Waals surface area contributed by atoms with Gasteiger partial charge in [-0.15, -0.1) is 0 Å². The third-order valence-electron chi connectivity index (χ3n) is 5.61. The van der Waals surface area contributed by atoms with E-state index in [2.05, 4.69) is 18.2 Å². The van der Waals surface area contributed by atoms with E-state index in [4.69, 9.17) is 4.74 Å². The van der Waals surface area contributed by atoms with Gasteiger partial charge in [0.1, 0.15) is 17.8 Å². The van der Waals surface area contributed by atoms with Crippen LogP contribution < -0.4 is 4.74 Å². The zero-order valence-electron chi connectivity index (χ0n) is 13.4. The van der Waals surface area contributed by atoms with Gasteiger partial charge in [-0.3, -0.25) is 4.79 Å². The molecule has 0 saturated heterocycles. The van der Waals surface area contributed by atoms with Gasteiger partial charge in [-0.2, -0.15) is 0 Å². The molecule has 0 spiro atoms. The van der Waals surface area contributed by atoms with Crippen molar-refractivity contribution >= 4 is 17.6 Å². The van der Waals surface area contributed by atoms with Gasteiger partial charge in [-0.25, -0.2) is 0 Å². The molecule has 0 saturated carbocycles. The Morgan fingerprint density at radius 1 is 1.41 bits per heavy atom. The molecule has 0 aliphatic heterocycles. The highest BCUT2D eigenvalue weighted by atomic mass is 16.5. The molecule has 0 aromatic heterocycles. The summed E-state index contributed by atoms with van der Waals surface area (Å²) >= 11 is 0. The van der Waals surface area contributed by atoms with Crippen molar-refractivity contribution in [3.8, 4) is 5.75 Å². The lowest BCUT2D eigenvalue weighted by Gasteiger charge is -2.44. The van der Waals surface area contributed by atoms with Gasteiger partial charge in [0.05, 0.1) is 7.11 Å². The van der Waals surface area contributed by atoms with Gasteiger partial charge >= 0.3 is 0 Å². The quantitative estimate of drug-likeness (QED) is 0.803. The van der Waals surface area contributed by atoms with Gasteiger partial charge in [0.2, 0.25) is 0 Å². The van der Waals surface area contributed by atoms with E-state index >= 15 is 0 Å². The Hall–Kier alpha value is -1.90. The Bertz CT molecular complexity index is 659. The van der Waals surface area contributed by atoms with E-state index in [0.29, 0.717) is 6.42 Å². The molecule has 0 unspecified atom stereocenters. The normalized spacial score (nSPS) is 29.9. The largest absolute Gasteiger partial charge is 0.497 e. The van der Waals surface area contributed by atoms with Crippen molar-refractivity contribution in [2.24, 2.45) is 17.3 Å². The van der Waals surface area contributed by atoms with Gasteiger partial charge in [0.15, 0.2) is 0 Å². The molecule has 116 valence electrons. The van der Waals surface area contributed by atoms with Crippen molar-refractivity contribution in [3.63, 3.8) is 0 Å². The first-order chi connectivity index (χ1) is 10.5. The molecule has 2 aliphatic carbocycles. The molecule has 3 rings (SSSR count). The first kappa shape index (κ1) is 15.0. The molecule has 3 nitrogen and oxygen atoms in total. The van der Waals surface area contributed by atoms with E-state index < -0.39 is 5.41 Å². The summed E-state index contributed by atoms with van der Waals surface area (Å²) in [6, 6.07) is 6.14. The number of aldehydes is 1. The van der Waals surface area contributed by atoms with Crippen molar-refractivity contribution < 1.29 is 14.3 Å². The second kappa shape index (κ2) is 5.38. The first-order valence-corrected chi connectivity index (χ1v) is 7.85. The van der Waals surface area contributed by atoms with E-state index in [1.807, 2.05) is 13.0 Å². The number of benzene rings is 1. The smallest absolute Gasteiger partial charge is 0.136 e. The van der Waals surface area contributed by atoms with Crippen LogP contribution in [0.25, 0.3) is 5.57 Å². The SMILES string of the molecule is COc1ccc2c(c1)CC[C@@H]1C2=CC[C@](C)(C(C)=O)[C@H]1C=O. The predicted molar refractivity (Wildman–Crippen MR) is 85.7 cm³/mol. The van der Waals surface area contributed by atoms with Gasteiger partial charge in [0, 0.05) is 11.3 Å². The summed E-state index contributed by atoms with van der Waals surface area (Å²) in [5.74, 6) is 0.913. The number of allylic oxidation sites excluding steroid dienone is 2. The van der Waals surface area contributed by atoms with Crippen molar-refractivity contribution in [2.75, 3.05) is 7.11 Å². The third-order valence-corrected chi connectivity index (χ3v) is 5.61. The van der Waals surface area contributed by atoms with Crippen molar-refractivity contribution in [2.45, 2.75) is 33.1 Å². The number of hydrogen-bond donors (Lipinski definition) is 0. The van der Waals surface area contributed by atoms with Gasteiger partial charge in [-0.05, 0) is 60.9 Å². The lowest BCUT2D eigenvalue weighted by atomic mass is 9.58. The molecule has 2 aliphatic rings. The zero-order chi connectivity index (χ0) is 15.9. The van der Waals surface area contributed by atoms with Crippen LogP contribution in [0.2, 0.25) is 0 Å². The number of ether oxygens (including phenoxy) is 1. The molecule has 3 heteroatoms. The minimum absolute atomic E-state index is 0.112. The van der Waals surface area contributed by atoms with Crippen LogP contribution in [-0.2, 0) is 16.0 Å². The summed E-state index contributed by atoms with van der Waals surface area (Å²) in [7, 11) is 1.67. The van der Waals surface area contributed by atoms with Crippen LogP contribution in [0.3, 0.4) is 0 Å². The molecule has 0 amide bonds. The number of rotatable bonds is 3. The Morgan fingerprint density at radius 3 is 2.82 bits per heavy atom. The molecule has 0 N–H and O–H groups in total. The van der Waals surface area contributed by atoms with Crippen molar-refractivity contribution in [1.82, 2.24) is 0 Å². The molecule has 0 bridgehead atoms. The van der Waals surface area contributed by atoms with E-state index in [-0.39, 0.29) is 17.6 Å². The van der Waals surface area contributed by atoms with Crippen LogP contribution in [0, 0.1) is 17.3 Å². The average molecular weight is 298 g/mol. The highest BCUT2D eigenvalue weighted by Gasteiger charge is 2.47. The van der Waals surface area contributed by atoms with Crippen LogP contribution in [0.15, 0.2) is 24.3 Å². The van der Waals surface area contributed by atoms with Crippen LogP contribution in [0.4, 0.5) is 0 Å². The fraction of sp³-hybridized carbons (Fsp3) is 0.474. The molecule has 22 heavy (non-hydrogen) atoms. The molecule has 1 aromatic rings. The van der Waals surface area contributed by atoms with E-state index in [1.165, 1.54) is 16.7 Å². The van der Waals surface area contributed by atoms with Crippen LogP contribution in [-0.4, -0.2) is 19.2 Å². The summed E-state index contributed by atoms with van der Waals surface area (Å²) in [5.41, 5.74) is 3.17. The monoisotopic (exact) mass is 298 g/mol. The summed E-state index contributed by atoms with van der Waals surface area (Å²) in [4.78, 5) is 23.8. The van der Waals surface area contributed by atoms with Gasteiger partial charge < -0.3 is 9.53 Å². The highest BCUT2D eigenvalue weighted by molar-refractivity contribution is 5.89. The summed E-state index contributed by atoms with van der Waals surface area (Å²) in [6.07, 6.45) is 5.66. The number of hydrogen-bond acceptors (Lipinski definition) is 3. The number of methoxy groups -OCH3 is 1. The van der Waals surface area contributed by atoms with Crippen LogP contribution in [0.1, 0.15) is 37.8 Å². The van der Waals surface area contributed by atoms with Crippen LogP contribution in [0.5, 0.6) is 5.75 Å². The highest BCUT2D eigenvalue weighted by Crippen LogP contribution is 2.51. The Morgan fingerprint density at radius 2 is 2.18 bits per heavy atom. The second-order valence-corrected chi connectivity index (χ2v) is 6.67. The Balaban J connectivity index is 2.07. The molecular weight excluding hydrogens is 276 g/mol. The Kier molecular flexibility index (Phi) is 3.67. The average Bonchev–Trinajstić information content (AvgIpc) is 2.53. The van der Waals surface area contributed by atoms with Crippen LogP contribution >= 0.6 is 0 Å². The lowest BCUT2D eigenvalue weighted by molar-refractivity contribution is -0.134. The number of ketones is 1. The molecule has 0 radical (unpaired) electrons. The molecule has 1 aromatic carbocycles. The van der Waals surface area contributed by atoms with Crippen molar-refractivity contribution in [1.29, 1.82) is 0 Å². The second-order valence-electron chi connectivity index (χ2n) is 6.67. The fourth-order valence-corrected chi connectivity index (χ4v) is 4.01.